The lowest BCUT2D eigenvalue weighted by atomic mass is 9.51. The lowest BCUT2D eigenvalue weighted by molar-refractivity contribution is -0.238. The number of hydrogen-bond donors (Lipinski definition) is 2. The molecular weight excluding hydrogens is 384 g/mol. The van der Waals surface area contributed by atoms with E-state index in [-0.39, 0.29) is 17.8 Å². The van der Waals surface area contributed by atoms with Crippen molar-refractivity contribution in [2.45, 2.75) is 76.3 Å². The second kappa shape index (κ2) is 4.48. The van der Waals surface area contributed by atoms with Gasteiger partial charge >= 0.3 is 17.9 Å². The van der Waals surface area contributed by atoms with Crippen LogP contribution in [-0.2, 0) is 33.3 Å². The van der Waals surface area contributed by atoms with E-state index in [1.54, 1.807) is 0 Å². The average molecular weight is 408 g/mol. The molecule has 6 aliphatic rings. The normalized spacial score (nSPS) is 59.2. The number of carbonyl (C=O) groups is 3. The summed E-state index contributed by atoms with van der Waals surface area (Å²) in [6.45, 7) is 7.47. The Balaban J connectivity index is 1.68. The molecule has 2 spiro atoms. The van der Waals surface area contributed by atoms with Gasteiger partial charge in [-0.15, -0.1) is 0 Å². The maximum Gasteiger partial charge on any atom is 0.342 e. The molecule has 0 amide bonds. The van der Waals surface area contributed by atoms with Gasteiger partial charge in [-0.2, -0.15) is 0 Å². The average Bonchev–Trinajstić information content (AvgIpc) is 3.31. The van der Waals surface area contributed by atoms with Gasteiger partial charge in [-0.1, -0.05) is 20.8 Å². The summed E-state index contributed by atoms with van der Waals surface area (Å²) in [6.07, 6.45) is -3.96. The maximum absolute atomic E-state index is 13.3. The second-order valence-electron chi connectivity index (χ2n) is 10.6. The molecule has 29 heavy (non-hydrogen) atoms. The summed E-state index contributed by atoms with van der Waals surface area (Å²) in [6, 6.07) is 0. The van der Waals surface area contributed by atoms with Crippen LogP contribution in [0.3, 0.4) is 0 Å². The molecule has 0 bridgehead atoms. The summed E-state index contributed by atoms with van der Waals surface area (Å²) < 4.78 is 22.9. The lowest BCUT2D eigenvalue weighted by Crippen LogP contribution is -2.66. The van der Waals surface area contributed by atoms with Crippen LogP contribution in [0.25, 0.3) is 0 Å². The molecule has 0 aromatic rings. The van der Waals surface area contributed by atoms with Crippen molar-refractivity contribution in [3.63, 3.8) is 0 Å². The quantitative estimate of drug-likeness (QED) is 0.408. The molecule has 9 heteroatoms. The maximum atomic E-state index is 13.3. The van der Waals surface area contributed by atoms with Crippen LogP contribution in [0.2, 0.25) is 0 Å². The summed E-state index contributed by atoms with van der Waals surface area (Å²) in [5, 5.41) is 23.0. The Kier molecular flexibility index (Phi) is 2.79. The Morgan fingerprint density at radius 2 is 1.72 bits per heavy atom. The Labute approximate surface area is 166 Å². The first-order chi connectivity index (χ1) is 13.4. The van der Waals surface area contributed by atoms with E-state index in [0.29, 0.717) is 6.42 Å². The van der Waals surface area contributed by atoms with Crippen LogP contribution in [0.15, 0.2) is 0 Å². The molecule has 4 saturated heterocycles. The van der Waals surface area contributed by atoms with Gasteiger partial charge in [0, 0.05) is 6.42 Å². The standard InChI is InChI=1S/C20H24O9/c1-7-12(22)26-10-6-17-9-5-8(16(2,3)4)18(17)11(21)13(23)28-15(18)29-20(17,14(24)27-9)19(7,10)25/h7-11,15,21,25H,5-6H2,1-4H3/t7-,8-,9-,10+,11+,15+,17-,18?,19-,20+/m0/s1. The number of esters is 3. The molecule has 10 atom stereocenters. The number of rotatable bonds is 0. The van der Waals surface area contributed by atoms with Gasteiger partial charge in [0.1, 0.15) is 12.2 Å². The topological polar surface area (TPSA) is 129 Å². The number of aliphatic hydroxyl groups is 2. The Morgan fingerprint density at radius 1 is 1.03 bits per heavy atom. The summed E-state index contributed by atoms with van der Waals surface area (Å²) in [4.78, 5) is 38.1. The van der Waals surface area contributed by atoms with Crippen molar-refractivity contribution in [2.75, 3.05) is 0 Å². The Morgan fingerprint density at radius 3 is 2.38 bits per heavy atom. The van der Waals surface area contributed by atoms with E-state index in [1.807, 2.05) is 20.8 Å². The first kappa shape index (κ1) is 18.1. The fourth-order valence-corrected chi connectivity index (χ4v) is 8.06. The third-order valence-corrected chi connectivity index (χ3v) is 8.97. The molecule has 158 valence electrons. The fraction of sp³-hybridized carbons (Fsp3) is 0.850. The second-order valence-corrected chi connectivity index (χ2v) is 10.6. The van der Waals surface area contributed by atoms with Crippen LogP contribution in [-0.4, -0.2) is 63.9 Å². The van der Waals surface area contributed by atoms with Crippen molar-refractivity contribution in [3.05, 3.63) is 0 Å². The van der Waals surface area contributed by atoms with E-state index >= 15 is 0 Å². The van der Waals surface area contributed by atoms with Crippen molar-refractivity contribution in [2.24, 2.45) is 28.1 Å². The van der Waals surface area contributed by atoms with Crippen LogP contribution in [0.4, 0.5) is 0 Å². The molecule has 2 N–H and O–H groups in total. The fourth-order valence-electron chi connectivity index (χ4n) is 8.06. The van der Waals surface area contributed by atoms with Gasteiger partial charge in [-0.25, -0.2) is 9.59 Å². The van der Waals surface area contributed by atoms with Gasteiger partial charge < -0.3 is 29.2 Å². The molecule has 2 aliphatic carbocycles. The lowest BCUT2D eigenvalue weighted by Gasteiger charge is -2.46. The highest BCUT2D eigenvalue weighted by molar-refractivity contribution is 5.93. The predicted octanol–water partition coefficient (Wildman–Crippen LogP) is -0.340. The molecule has 0 aromatic heterocycles. The van der Waals surface area contributed by atoms with E-state index in [9.17, 15) is 24.6 Å². The van der Waals surface area contributed by atoms with Crippen molar-refractivity contribution in [1.29, 1.82) is 0 Å². The molecule has 9 nitrogen and oxygen atoms in total. The molecule has 0 radical (unpaired) electrons. The highest BCUT2D eigenvalue weighted by atomic mass is 16.8. The third kappa shape index (κ3) is 1.35. The Hall–Kier alpha value is -1.71. The molecule has 1 unspecified atom stereocenters. The zero-order valence-electron chi connectivity index (χ0n) is 16.6. The van der Waals surface area contributed by atoms with Crippen molar-refractivity contribution in [1.82, 2.24) is 0 Å². The summed E-state index contributed by atoms with van der Waals surface area (Å²) in [5.74, 6) is -3.52. The minimum Gasteiger partial charge on any atom is -0.459 e. The summed E-state index contributed by atoms with van der Waals surface area (Å²) >= 11 is 0. The minimum absolute atomic E-state index is 0.0623. The first-order valence-corrected chi connectivity index (χ1v) is 10.1. The molecule has 0 aromatic carbocycles. The van der Waals surface area contributed by atoms with Gasteiger partial charge in [0.05, 0.1) is 16.7 Å². The van der Waals surface area contributed by atoms with Crippen LogP contribution in [0, 0.1) is 28.1 Å². The number of aliphatic hydroxyl groups excluding tert-OH is 1. The van der Waals surface area contributed by atoms with E-state index in [4.69, 9.17) is 18.9 Å². The highest BCUT2D eigenvalue weighted by Gasteiger charge is 3.01. The summed E-state index contributed by atoms with van der Waals surface area (Å²) in [5.41, 5.74) is -6.81. The molecule has 4 aliphatic heterocycles. The molecule has 6 fully saturated rings. The van der Waals surface area contributed by atoms with Crippen LogP contribution in [0.1, 0.15) is 40.5 Å². The van der Waals surface area contributed by atoms with Crippen LogP contribution >= 0.6 is 0 Å². The Bertz CT molecular complexity index is 893. The monoisotopic (exact) mass is 408 g/mol. The number of hydrogen-bond acceptors (Lipinski definition) is 9. The molecular formula is C20H24O9. The van der Waals surface area contributed by atoms with Crippen molar-refractivity contribution < 1.29 is 43.5 Å². The number of ether oxygens (including phenoxy) is 4. The first-order valence-electron chi connectivity index (χ1n) is 10.1. The number of fused-ring (bicyclic) bond motifs is 1. The van der Waals surface area contributed by atoms with Crippen molar-refractivity contribution in [3.8, 4) is 0 Å². The zero-order chi connectivity index (χ0) is 20.9. The van der Waals surface area contributed by atoms with Gasteiger partial charge in [0.2, 0.25) is 11.9 Å². The SMILES string of the molecule is C[C@H]1C(=O)O[C@@H]2C[C@]34[C@@H]5C[C@@H](C(C)(C)C)C36[C@H](OC(=O)[C@H]6O)O[C@@]4(C(=O)O5)[C@@]21O. The van der Waals surface area contributed by atoms with Gasteiger partial charge in [0.25, 0.3) is 0 Å². The molecule has 6 rings (SSSR count). The van der Waals surface area contributed by atoms with Gasteiger partial charge in [-0.05, 0) is 24.7 Å². The van der Waals surface area contributed by atoms with E-state index in [0.717, 1.165) is 0 Å². The molecule has 2 saturated carbocycles. The van der Waals surface area contributed by atoms with Gasteiger partial charge in [-0.3, -0.25) is 4.79 Å². The number of carbonyl (C=O) groups excluding carboxylic acids is 3. The van der Waals surface area contributed by atoms with E-state index < -0.39 is 70.5 Å². The highest BCUT2D eigenvalue weighted by Crippen LogP contribution is 2.84. The smallest absolute Gasteiger partial charge is 0.342 e. The van der Waals surface area contributed by atoms with E-state index in [1.165, 1.54) is 6.92 Å². The third-order valence-electron chi connectivity index (χ3n) is 8.97. The largest absolute Gasteiger partial charge is 0.459 e. The molecule has 4 heterocycles. The van der Waals surface area contributed by atoms with Crippen LogP contribution < -0.4 is 0 Å². The predicted molar refractivity (Wildman–Crippen MR) is 90.6 cm³/mol. The van der Waals surface area contributed by atoms with Crippen molar-refractivity contribution >= 4 is 17.9 Å². The van der Waals surface area contributed by atoms with E-state index in [2.05, 4.69) is 0 Å². The van der Waals surface area contributed by atoms with Crippen LogP contribution in [0.5, 0.6) is 0 Å². The summed E-state index contributed by atoms with van der Waals surface area (Å²) in [7, 11) is 0. The zero-order valence-corrected chi connectivity index (χ0v) is 16.6. The minimum atomic E-state index is -1.97. The van der Waals surface area contributed by atoms with Gasteiger partial charge in [0.15, 0.2) is 11.7 Å².